The highest BCUT2D eigenvalue weighted by atomic mass is 32.1. The third-order valence-electron chi connectivity index (χ3n) is 1.76. The normalized spacial score (nSPS) is 9.47. The summed E-state index contributed by atoms with van der Waals surface area (Å²) in [6.07, 6.45) is 1.16. The van der Waals surface area contributed by atoms with E-state index in [1.54, 1.807) is 17.5 Å². The number of carbonyl (C=O) groups excluding carboxylic acids is 2. The van der Waals surface area contributed by atoms with E-state index >= 15 is 0 Å². The first kappa shape index (κ1) is 13.6. The molecule has 3 N–H and O–H groups in total. The van der Waals surface area contributed by atoms with Crippen molar-refractivity contribution in [2.45, 2.75) is 19.8 Å². The van der Waals surface area contributed by atoms with Crippen LogP contribution in [0.4, 0.5) is 0 Å². The van der Waals surface area contributed by atoms with Crippen LogP contribution in [0.5, 0.6) is 0 Å². The van der Waals surface area contributed by atoms with Crippen molar-refractivity contribution >= 4 is 40.5 Å². The summed E-state index contributed by atoms with van der Waals surface area (Å²) >= 11 is 6.17. The van der Waals surface area contributed by atoms with Crippen LogP contribution in [0, 0.1) is 0 Å². The predicted octanol–water partition coefficient (Wildman–Crippen LogP) is 1.18. The van der Waals surface area contributed by atoms with Gasteiger partial charge in [0, 0.05) is 6.42 Å². The van der Waals surface area contributed by atoms with Crippen LogP contribution < -0.4 is 16.2 Å². The van der Waals surface area contributed by atoms with Gasteiger partial charge in [0.2, 0.25) is 5.91 Å². The van der Waals surface area contributed by atoms with E-state index in [1.807, 2.05) is 6.92 Å². The second kappa shape index (κ2) is 6.97. The largest absolute Gasteiger partial charge is 0.297 e. The fourth-order valence-electron chi connectivity index (χ4n) is 1.02. The van der Waals surface area contributed by atoms with E-state index in [-0.39, 0.29) is 16.9 Å². The van der Waals surface area contributed by atoms with Gasteiger partial charge < -0.3 is 0 Å². The van der Waals surface area contributed by atoms with Gasteiger partial charge in [-0.2, -0.15) is 0 Å². The Bertz CT molecular complexity index is 404. The number of amides is 2. The predicted molar refractivity (Wildman–Crippen MR) is 70.6 cm³/mol. The van der Waals surface area contributed by atoms with Crippen molar-refractivity contribution in [2.24, 2.45) is 0 Å². The number of thiophene rings is 1. The van der Waals surface area contributed by atoms with Crippen LogP contribution in [0.25, 0.3) is 0 Å². The Morgan fingerprint density at radius 3 is 2.76 bits per heavy atom. The third-order valence-corrected chi connectivity index (χ3v) is 2.84. The van der Waals surface area contributed by atoms with Gasteiger partial charge in [0.25, 0.3) is 5.91 Å². The molecule has 0 spiro atoms. The summed E-state index contributed by atoms with van der Waals surface area (Å²) < 4.78 is 0. The Morgan fingerprint density at radius 2 is 2.18 bits per heavy atom. The Labute approximate surface area is 109 Å². The van der Waals surface area contributed by atoms with E-state index in [0.29, 0.717) is 11.3 Å². The minimum atomic E-state index is -0.290. The number of nitrogens with one attached hydrogen (secondary N) is 3. The molecule has 2 amide bonds. The molecule has 1 rings (SSSR count). The average molecular weight is 271 g/mol. The van der Waals surface area contributed by atoms with Crippen molar-refractivity contribution in [3.8, 4) is 0 Å². The van der Waals surface area contributed by atoms with Crippen LogP contribution in [-0.2, 0) is 4.79 Å². The molecule has 0 aliphatic heterocycles. The molecule has 17 heavy (non-hydrogen) atoms. The fourth-order valence-corrected chi connectivity index (χ4v) is 1.78. The number of hydrogen-bond acceptors (Lipinski definition) is 4. The molecular weight excluding hydrogens is 258 g/mol. The van der Waals surface area contributed by atoms with E-state index in [1.165, 1.54) is 11.3 Å². The zero-order valence-electron chi connectivity index (χ0n) is 9.28. The van der Waals surface area contributed by atoms with E-state index < -0.39 is 0 Å². The summed E-state index contributed by atoms with van der Waals surface area (Å²) in [7, 11) is 0. The molecule has 5 nitrogen and oxygen atoms in total. The minimum Gasteiger partial charge on any atom is -0.297 e. The van der Waals surface area contributed by atoms with Crippen molar-refractivity contribution < 1.29 is 9.59 Å². The van der Waals surface area contributed by atoms with E-state index in [4.69, 9.17) is 12.2 Å². The summed E-state index contributed by atoms with van der Waals surface area (Å²) in [6, 6.07) is 3.47. The molecule has 92 valence electrons. The van der Waals surface area contributed by atoms with Crippen LogP contribution in [0.1, 0.15) is 29.4 Å². The highest BCUT2D eigenvalue weighted by Crippen LogP contribution is 2.07. The van der Waals surface area contributed by atoms with Gasteiger partial charge in [-0.3, -0.25) is 25.8 Å². The number of hydrogen-bond donors (Lipinski definition) is 3. The molecule has 0 atom stereocenters. The lowest BCUT2D eigenvalue weighted by Gasteiger charge is -2.09. The zero-order chi connectivity index (χ0) is 12.7. The monoisotopic (exact) mass is 271 g/mol. The lowest BCUT2D eigenvalue weighted by atomic mass is 10.3. The molecule has 0 fully saturated rings. The molecular formula is C10H13N3O2S2. The van der Waals surface area contributed by atoms with E-state index in [0.717, 1.165) is 6.42 Å². The molecule has 1 heterocycles. The lowest BCUT2D eigenvalue weighted by molar-refractivity contribution is -0.121. The van der Waals surface area contributed by atoms with Crippen LogP contribution in [0.15, 0.2) is 17.5 Å². The molecule has 0 bridgehead atoms. The van der Waals surface area contributed by atoms with Gasteiger partial charge in [0.1, 0.15) is 0 Å². The molecule has 0 aromatic carbocycles. The Hall–Kier alpha value is -1.47. The van der Waals surface area contributed by atoms with Gasteiger partial charge >= 0.3 is 0 Å². The zero-order valence-corrected chi connectivity index (χ0v) is 10.9. The first-order chi connectivity index (χ1) is 8.13. The maximum Gasteiger partial charge on any atom is 0.267 e. The SMILES string of the molecule is CCCC(=O)NNC(=S)NC(=O)c1cccs1. The molecule has 0 aliphatic carbocycles. The second-order valence-corrected chi connectivity index (χ2v) is 4.54. The van der Waals surface area contributed by atoms with Crippen LogP contribution in [-0.4, -0.2) is 16.9 Å². The van der Waals surface area contributed by atoms with Crippen LogP contribution >= 0.6 is 23.6 Å². The van der Waals surface area contributed by atoms with Crippen molar-refractivity contribution in [3.05, 3.63) is 22.4 Å². The molecule has 1 aromatic rings. The Morgan fingerprint density at radius 1 is 1.41 bits per heavy atom. The number of rotatable bonds is 3. The Kier molecular flexibility index (Phi) is 5.58. The quantitative estimate of drug-likeness (QED) is 0.570. The van der Waals surface area contributed by atoms with Crippen molar-refractivity contribution in [3.63, 3.8) is 0 Å². The van der Waals surface area contributed by atoms with Gasteiger partial charge in [-0.05, 0) is 30.1 Å². The van der Waals surface area contributed by atoms with E-state index in [2.05, 4.69) is 16.2 Å². The topological polar surface area (TPSA) is 70.2 Å². The molecule has 0 saturated heterocycles. The fraction of sp³-hybridized carbons (Fsp3) is 0.300. The number of thiocarbonyl (C=S) groups is 1. The Balaban J connectivity index is 2.30. The van der Waals surface area contributed by atoms with E-state index in [9.17, 15) is 9.59 Å². The first-order valence-corrected chi connectivity index (χ1v) is 6.36. The highest BCUT2D eigenvalue weighted by molar-refractivity contribution is 7.80. The van der Waals surface area contributed by atoms with Crippen LogP contribution in [0.3, 0.4) is 0 Å². The summed E-state index contributed by atoms with van der Waals surface area (Å²) in [5, 5.41) is 4.33. The maximum atomic E-state index is 11.5. The number of carbonyl (C=O) groups is 2. The van der Waals surface area contributed by atoms with Gasteiger partial charge in [-0.15, -0.1) is 11.3 Å². The number of hydrazine groups is 1. The van der Waals surface area contributed by atoms with Gasteiger partial charge in [-0.1, -0.05) is 13.0 Å². The minimum absolute atomic E-state index is 0.0767. The van der Waals surface area contributed by atoms with Gasteiger partial charge in [0.05, 0.1) is 4.88 Å². The first-order valence-electron chi connectivity index (χ1n) is 5.07. The van der Waals surface area contributed by atoms with Gasteiger partial charge in [-0.25, -0.2) is 0 Å². The molecule has 0 unspecified atom stereocenters. The maximum absolute atomic E-state index is 11.5. The van der Waals surface area contributed by atoms with Crippen LogP contribution in [0.2, 0.25) is 0 Å². The third kappa shape index (κ3) is 4.92. The van der Waals surface area contributed by atoms with Crippen molar-refractivity contribution in [1.82, 2.24) is 16.2 Å². The smallest absolute Gasteiger partial charge is 0.267 e. The van der Waals surface area contributed by atoms with Crippen molar-refractivity contribution in [1.29, 1.82) is 0 Å². The average Bonchev–Trinajstić information content (AvgIpc) is 2.80. The van der Waals surface area contributed by atoms with Crippen molar-refractivity contribution in [2.75, 3.05) is 0 Å². The standard InChI is InChI=1S/C10H13N3O2S2/c1-2-4-8(14)12-13-10(16)11-9(15)7-5-3-6-17-7/h3,5-6H,2,4H2,1H3,(H,12,14)(H2,11,13,15,16). The summed E-state index contributed by atoms with van der Waals surface area (Å²) in [4.78, 5) is 23.2. The summed E-state index contributed by atoms with van der Waals surface area (Å²) in [5.74, 6) is -0.456. The lowest BCUT2D eigenvalue weighted by Crippen LogP contribution is -2.48. The molecule has 0 saturated carbocycles. The van der Waals surface area contributed by atoms with Gasteiger partial charge in [0.15, 0.2) is 5.11 Å². The highest BCUT2D eigenvalue weighted by Gasteiger charge is 2.08. The summed E-state index contributed by atoms with van der Waals surface area (Å²) in [6.45, 7) is 1.90. The molecule has 0 aliphatic rings. The molecule has 7 heteroatoms. The molecule has 0 radical (unpaired) electrons. The summed E-state index contributed by atoms with van der Waals surface area (Å²) in [5.41, 5.74) is 4.86. The second-order valence-electron chi connectivity index (χ2n) is 3.18. The molecule has 1 aromatic heterocycles.